The topological polar surface area (TPSA) is 29.1 Å². The average Bonchev–Trinajstić information content (AvgIpc) is 2.74. The van der Waals surface area contributed by atoms with Gasteiger partial charge in [0.15, 0.2) is 0 Å². The predicted molar refractivity (Wildman–Crippen MR) is 112 cm³/mol. The molecule has 3 aromatic carbocycles. The molecule has 0 bridgehead atoms. The van der Waals surface area contributed by atoms with Crippen molar-refractivity contribution in [1.82, 2.24) is 5.32 Å². The Balaban J connectivity index is 1.38. The van der Waals surface area contributed by atoms with Gasteiger partial charge in [0.2, 0.25) is 0 Å². The van der Waals surface area contributed by atoms with Gasteiger partial charge in [0, 0.05) is 16.2 Å². The average molecular weight is 374 g/mol. The summed E-state index contributed by atoms with van der Waals surface area (Å²) in [5.74, 6) is 0.918. The molecule has 0 saturated carbocycles. The molecule has 0 saturated heterocycles. The van der Waals surface area contributed by atoms with Crippen molar-refractivity contribution in [2.24, 2.45) is 0 Å². The lowest BCUT2D eigenvalue weighted by Crippen LogP contribution is -2.30. The van der Waals surface area contributed by atoms with Crippen LogP contribution in [-0.4, -0.2) is 5.91 Å². The monoisotopic (exact) mass is 373 g/mol. The third-order valence-corrected chi connectivity index (χ3v) is 6.12. The molecule has 0 aliphatic heterocycles. The predicted octanol–water partition coefficient (Wildman–Crippen LogP) is 5.79. The summed E-state index contributed by atoms with van der Waals surface area (Å²) >= 11 is 1.81. The van der Waals surface area contributed by atoms with Gasteiger partial charge in [-0.3, -0.25) is 4.79 Å². The third-order valence-electron chi connectivity index (χ3n) is 5.04. The molecule has 0 heterocycles. The number of benzene rings is 3. The molecule has 136 valence electrons. The Morgan fingerprint density at radius 2 is 1.67 bits per heavy atom. The summed E-state index contributed by atoms with van der Waals surface area (Å²) in [5, 5.41) is 3.22. The van der Waals surface area contributed by atoms with E-state index in [0.717, 1.165) is 30.6 Å². The first kappa shape index (κ1) is 17.9. The summed E-state index contributed by atoms with van der Waals surface area (Å²) in [6.45, 7) is 0. The van der Waals surface area contributed by atoms with Gasteiger partial charge in [-0.1, -0.05) is 54.6 Å². The lowest BCUT2D eigenvalue weighted by atomic mass is 9.87. The second-order valence-electron chi connectivity index (χ2n) is 6.92. The minimum absolute atomic E-state index is 0.0129. The van der Waals surface area contributed by atoms with E-state index in [9.17, 15) is 4.79 Å². The van der Waals surface area contributed by atoms with Crippen LogP contribution >= 0.6 is 11.8 Å². The van der Waals surface area contributed by atoms with Crippen LogP contribution in [0.25, 0.3) is 0 Å². The van der Waals surface area contributed by atoms with Gasteiger partial charge in [-0.05, 0) is 60.2 Å². The Morgan fingerprint density at radius 1 is 0.926 bits per heavy atom. The molecule has 27 heavy (non-hydrogen) atoms. The van der Waals surface area contributed by atoms with Crippen molar-refractivity contribution in [1.29, 1.82) is 0 Å². The van der Waals surface area contributed by atoms with Crippen LogP contribution in [0.5, 0.6) is 0 Å². The molecular weight excluding hydrogens is 350 g/mol. The number of amides is 1. The molecule has 1 amide bonds. The number of carbonyl (C=O) groups excluding carboxylic acids is 1. The van der Waals surface area contributed by atoms with Crippen molar-refractivity contribution in [2.75, 3.05) is 0 Å². The Labute approximate surface area is 165 Å². The minimum Gasteiger partial charge on any atom is -0.345 e. The first-order chi connectivity index (χ1) is 13.3. The summed E-state index contributed by atoms with van der Waals surface area (Å²) in [7, 11) is 0. The van der Waals surface area contributed by atoms with Crippen LogP contribution in [0.4, 0.5) is 0 Å². The molecule has 1 atom stereocenters. The molecule has 1 aliphatic carbocycles. The van der Waals surface area contributed by atoms with Gasteiger partial charge in [0.1, 0.15) is 0 Å². The van der Waals surface area contributed by atoms with E-state index in [-0.39, 0.29) is 11.9 Å². The lowest BCUT2D eigenvalue weighted by Gasteiger charge is -2.26. The molecule has 2 nitrogen and oxygen atoms in total. The molecule has 3 aromatic rings. The number of hydrogen-bond acceptors (Lipinski definition) is 2. The maximum Gasteiger partial charge on any atom is 0.251 e. The van der Waals surface area contributed by atoms with Crippen LogP contribution in [0.3, 0.4) is 0 Å². The van der Waals surface area contributed by atoms with Crippen molar-refractivity contribution in [2.45, 2.75) is 36.0 Å². The van der Waals surface area contributed by atoms with Crippen LogP contribution in [0.2, 0.25) is 0 Å². The Bertz CT molecular complexity index is 905. The van der Waals surface area contributed by atoms with E-state index in [1.807, 2.05) is 30.0 Å². The van der Waals surface area contributed by atoms with Gasteiger partial charge >= 0.3 is 0 Å². The first-order valence-corrected chi connectivity index (χ1v) is 10.4. The van der Waals surface area contributed by atoms with Crippen molar-refractivity contribution in [3.05, 3.63) is 101 Å². The number of fused-ring (bicyclic) bond motifs is 1. The summed E-state index contributed by atoms with van der Waals surface area (Å²) in [6.07, 6.45) is 3.24. The Morgan fingerprint density at radius 3 is 2.48 bits per heavy atom. The lowest BCUT2D eigenvalue weighted by molar-refractivity contribution is 0.0933. The van der Waals surface area contributed by atoms with E-state index >= 15 is 0 Å². The molecule has 1 N–H and O–H groups in total. The molecule has 3 heteroatoms. The normalized spacial score (nSPS) is 15.8. The summed E-state index contributed by atoms with van der Waals surface area (Å²) in [4.78, 5) is 14.0. The van der Waals surface area contributed by atoms with Gasteiger partial charge in [-0.25, -0.2) is 0 Å². The van der Waals surface area contributed by atoms with Crippen LogP contribution in [0.15, 0.2) is 83.8 Å². The molecule has 1 aliphatic rings. The van der Waals surface area contributed by atoms with E-state index in [2.05, 4.69) is 66.0 Å². The van der Waals surface area contributed by atoms with Gasteiger partial charge in [0.25, 0.3) is 5.91 Å². The number of hydrogen-bond donors (Lipinski definition) is 1. The standard InChI is InChI=1S/C24H23NOS/c26-24(25-23-12-6-8-19-7-4-5-11-22(19)23)20-15-13-18(14-16-20)17-27-21-9-2-1-3-10-21/h1-5,7,9-11,13-16,23H,6,8,12,17H2,(H,25,26)/t23-/m1/s1. The van der Waals surface area contributed by atoms with Crippen LogP contribution < -0.4 is 5.32 Å². The molecule has 4 rings (SSSR count). The van der Waals surface area contributed by atoms with Gasteiger partial charge < -0.3 is 5.32 Å². The maximum absolute atomic E-state index is 12.7. The largest absolute Gasteiger partial charge is 0.345 e. The molecule has 0 spiro atoms. The highest BCUT2D eigenvalue weighted by atomic mass is 32.2. The van der Waals surface area contributed by atoms with Crippen molar-refractivity contribution >= 4 is 17.7 Å². The number of rotatable bonds is 5. The number of carbonyl (C=O) groups is 1. The van der Waals surface area contributed by atoms with E-state index < -0.39 is 0 Å². The van der Waals surface area contributed by atoms with E-state index in [1.54, 1.807) is 0 Å². The van der Waals surface area contributed by atoms with E-state index in [0.29, 0.717) is 0 Å². The fourth-order valence-electron chi connectivity index (χ4n) is 3.58. The highest BCUT2D eigenvalue weighted by Gasteiger charge is 2.21. The fraction of sp³-hybridized carbons (Fsp3) is 0.208. The highest BCUT2D eigenvalue weighted by molar-refractivity contribution is 7.98. The first-order valence-electron chi connectivity index (χ1n) is 9.45. The fourth-order valence-corrected chi connectivity index (χ4v) is 4.46. The Hall–Kier alpha value is -2.52. The molecule has 0 fully saturated rings. The summed E-state index contributed by atoms with van der Waals surface area (Å²) in [5.41, 5.74) is 4.59. The van der Waals surface area contributed by atoms with Crippen LogP contribution in [0.1, 0.15) is 45.9 Å². The second kappa shape index (κ2) is 8.45. The summed E-state index contributed by atoms with van der Waals surface area (Å²) in [6, 6.07) is 26.9. The van der Waals surface area contributed by atoms with Crippen molar-refractivity contribution in [3.8, 4) is 0 Å². The second-order valence-corrected chi connectivity index (χ2v) is 7.96. The van der Waals surface area contributed by atoms with Gasteiger partial charge in [0.05, 0.1) is 6.04 Å². The number of nitrogens with one attached hydrogen (secondary N) is 1. The summed E-state index contributed by atoms with van der Waals surface area (Å²) < 4.78 is 0. The van der Waals surface area contributed by atoms with Crippen molar-refractivity contribution in [3.63, 3.8) is 0 Å². The molecule has 0 radical (unpaired) electrons. The van der Waals surface area contributed by atoms with E-state index in [4.69, 9.17) is 0 Å². The zero-order chi connectivity index (χ0) is 18.5. The SMILES string of the molecule is O=C(N[C@@H]1CCCc2ccccc21)c1ccc(CSc2ccccc2)cc1. The van der Waals surface area contributed by atoms with Crippen LogP contribution in [0, 0.1) is 0 Å². The smallest absolute Gasteiger partial charge is 0.251 e. The quantitative estimate of drug-likeness (QED) is 0.574. The molecule has 0 unspecified atom stereocenters. The van der Waals surface area contributed by atoms with E-state index in [1.165, 1.54) is 21.6 Å². The zero-order valence-corrected chi connectivity index (χ0v) is 16.0. The maximum atomic E-state index is 12.7. The van der Waals surface area contributed by atoms with Crippen LogP contribution in [-0.2, 0) is 12.2 Å². The van der Waals surface area contributed by atoms with Gasteiger partial charge in [-0.15, -0.1) is 11.8 Å². The minimum atomic E-state index is 0.0129. The third kappa shape index (κ3) is 4.42. The Kier molecular flexibility index (Phi) is 5.59. The van der Waals surface area contributed by atoms with Crippen molar-refractivity contribution < 1.29 is 4.79 Å². The highest BCUT2D eigenvalue weighted by Crippen LogP contribution is 2.29. The number of aryl methyl sites for hydroxylation is 1. The molecule has 0 aromatic heterocycles. The van der Waals surface area contributed by atoms with Gasteiger partial charge in [-0.2, -0.15) is 0 Å². The zero-order valence-electron chi connectivity index (χ0n) is 15.2. The number of thioether (sulfide) groups is 1. The molecular formula is C24H23NOS.